The van der Waals surface area contributed by atoms with Crippen molar-refractivity contribution in [1.29, 1.82) is 0 Å². The zero-order valence-corrected chi connectivity index (χ0v) is 7.92. The third-order valence-corrected chi connectivity index (χ3v) is 2.05. The van der Waals surface area contributed by atoms with Crippen molar-refractivity contribution in [2.24, 2.45) is 0 Å². The molecule has 2 rings (SSSR count). The van der Waals surface area contributed by atoms with Crippen LogP contribution in [0.5, 0.6) is 0 Å². The third kappa shape index (κ3) is 1.83. The normalized spacial score (nSPS) is 9.87. The van der Waals surface area contributed by atoms with Gasteiger partial charge in [0, 0.05) is 16.8 Å². The van der Waals surface area contributed by atoms with Gasteiger partial charge in [0.25, 0.3) is 0 Å². The van der Waals surface area contributed by atoms with E-state index in [1.807, 2.05) is 0 Å². The van der Waals surface area contributed by atoms with Gasteiger partial charge in [-0.05, 0) is 18.2 Å². The molecular weight excluding hydrogens is 190 g/mol. The van der Waals surface area contributed by atoms with Gasteiger partial charge in [0.15, 0.2) is 5.78 Å². The quantitative estimate of drug-likeness (QED) is 0.584. The van der Waals surface area contributed by atoms with Gasteiger partial charge in [0.2, 0.25) is 0 Å². The van der Waals surface area contributed by atoms with E-state index in [4.69, 9.17) is 5.73 Å². The second-order valence-corrected chi connectivity index (χ2v) is 3.05. The van der Waals surface area contributed by atoms with Crippen LogP contribution in [0.1, 0.15) is 15.9 Å². The molecule has 0 bridgehead atoms. The molecular formula is C11H9N3O. The highest BCUT2D eigenvalue weighted by Gasteiger charge is 2.11. The molecule has 1 aromatic carbocycles. The predicted molar refractivity (Wildman–Crippen MR) is 56.3 cm³/mol. The fraction of sp³-hybridized carbons (Fsp3) is 0. The van der Waals surface area contributed by atoms with Gasteiger partial charge in [0.1, 0.15) is 0 Å². The minimum Gasteiger partial charge on any atom is -0.398 e. The number of nitrogens with zero attached hydrogens (tertiary/aromatic N) is 2. The maximum Gasteiger partial charge on any atom is 0.196 e. The van der Waals surface area contributed by atoms with Gasteiger partial charge in [-0.2, -0.15) is 10.2 Å². The predicted octanol–water partition coefficient (Wildman–Crippen LogP) is 1.29. The molecule has 15 heavy (non-hydrogen) atoms. The number of benzene rings is 1. The lowest BCUT2D eigenvalue weighted by Gasteiger charge is -2.02. The Bertz CT molecular complexity index is 482. The molecule has 1 heterocycles. The number of anilines is 1. The number of ketones is 1. The van der Waals surface area contributed by atoms with Gasteiger partial charge in [0.05, 0.1) is 12.4 Å². The SMILES string of the molecule is Nc1ccccc1C(=O)c1ccnnc1. The molecule has 0 aliphatic heterocycles. The van der Waals surface area contributed by atoms with E-state index >= 15 is 0 Å². The van der Waals surface area contributed by atoms with Crippen LogP contribution >= 0.6 is 0 Å². The lowest BCUT2D eigenvalue weighted by molar-refractivity contribution is 0.103. The topological polar surface area (TPSA) is 68.9 Å². The summed E-state index contributed by atoms with van der Waals surface area (Å²) in [7, 11) is 0. The van der Waals surface area contributed by atoms with E-state index < -0.39 is 0 Å². The molecule has 0 saturated carbocycles. The highest BCUT2D eigenvalue weighted by molar-refractivity contribution is 6.11. The number of hydrogen-bond donors (Lipinski definition) is 1. The molecule has 2 aromatic rings. The monoisotopic (exact) mass is 199 g/mol. The van der Waals surface area contributed by atoms with Crippen molar-refractivity contribution < 1.29 is 4.79 Å². The number of carbonyl (C=O) groups excluding carboxylic acids is 1. The summed E-state index contributed by atoms with van der Waals surface area (Å²) in [5.74, 6) is -0.136. The summed E-state index contributed by atoms with van der Waals surface area (Å²) in [6.07, 6.45) is 2.90. The molecule has 1 aromatic heterocycles. The number of para-hydroxylation sites is 1. The fourth-order valence-corrected chi connectivity index (χ4v) is 1.28. The van der Waals surface area contributed by atoms with Crippen molar-refractivity contribution in [3.8, 4) is 0 Å². The third-order valence-electron chi connectivity index (χ3n) is 2.05. The van der Waals surface area contributed by atoms with Crippen molar-refractivity contribution in [2.75, 3.05) is 5.73 Å². The number of nitrogen functional groups attached to an aromatic ring is 1. The Morgan fingerprint density at radius 2 is 1.93 bits per heavy atom. The van der Waals surface area contributed by atoms with Gasteiger partial charge in [-0.1, -0.05) is 12.1 Å². The van der Waals surface area contributed by atoms with E-state index in [0.29, 0.717) is 16.8 Å². The van der Waals surface area contributed by atoms with Crippen LogP contribution in [0, 0.1) is 0 Å². The molecule has 0 fully saturated rings. The van der Waals surface area contributed by atoms with Crippen LogP contribution in [-0.2, 0) is 0 Å². The molecule has 0 radical (unpaired) electrons. The first-order chi connectivity index (χ1) is 7.29. The van der Waals surface area contributed by atoms with Crippen molar-refractivity contribution >= 4 is 11.5 Å². The zero-order valence-electron chi connectivity index (χ0n) is 7.92. The Morgan fingerprint density at radius 3 is 2.60 bits per heavy atom. The second-order valence-electron chi connectivity index (χ2n) is 3.05. The van der Waals surface area contributed by atoms with Crippen LogP contribution in [0.15, 0.2) is 42.7 Å². The van der Waals surface area contributed by atoms with E-state index in [-0.39, 0.29) is 5.78 Å². The number of aromatic nitrogens is 2. The van der Waals surface area contributed by atoms with Gasteiger partial charge < -0.3 is 5.73 Å². The number of rotatable bonds is 2. The average molecular weight is 199 g/mol. The lowest BCUT2D eigenvalue weighted by atomic mass is 10.0. The first-order valence-corrected chi connectivity index (χ1v) is 4.45. The van der Waals surface area contributed by atoms with Crippen LogP contribution in [0.4, 0.5) is 5.69 Å². The van der Waals surface area contributed by atoms with Gasteiger partial charge in [-0.15, -0.1) is 0 Å². The molecule has 0 saturated heterocycles. The van der Waals surface area contributed by atoms with Crippen molar-refractivity contribution in [1.82, 2.24) is 10.2 Å². The van der Waals surface area contributed by atoms with Crippen LogP contribution in [-0.4, -0.2) is 16.0 Å². The maximum absolute atomic E-state index is 11.9. The van der Waals surface area contributed by atoms with E-state index in [1.54, 1.807) is 30.3 Å². The molecule has 74 valence electrons. The van der Waals surface area contributed by atoms with E-state index in [0.717, 1.165) is 0 Å². The summed E-state index contributed by atoms with van der Waals surface area (Å²) in [5, 5.41) is 7.26. The molecule has 0 aliphatic carbocycles. The standard InChI is InChI=1S/C11H9N3O/c12-10-4-2-1-3-9(10)11(15)8-5-6-13-14-7-8/h1-7H,12H2. The van der Waals surface area contributed by atoms with Crippen LogP contribution < -0.4 is 5.73 Å². The van der Waals surface area contributed by atoms with Crippen molar-refractivity contribution in [3.05, 3.63) is 53.9 Å². The van der Waals surface area contributed by atoms with Crippen LogP contribution in [0.25, 0.3) is 0 Å². The molecule has 4 heteroatoms. The van der Waals surface area contributed by atoms with Gasteiger partial charge in [-0.3, -0.25) is 4.79 Å². The number of hydrogen-bond acceptors (Lipinski definition) is 4. The van der Waals surface area contributed by atoms with Crippen LogP contribution in [0.2, 0.25) is 0 Å². The molecule has 0 aliphatic rings. The zero-order chi connectivity index (χ0) is 10.7. The second kappa shape index (κ2) is 3.88. The largest absolute Gasteiger partial charge is 0.398 e. The molecule has 0 amide bonds. The van der Waals surface area contributed by atoms with Crippen molar-refractivity contribution in [3.63, 3.8) is 0 Å². The Kier molecular flexibility index (Phi) is 2.41. The molecule has 4 nitrogen and oxygen atoms in total. The molecule has 2 N–H and O–H groups in total. The van der Waals surface area contributed by atoms with E-state index in [1.165, 1.54) is 12.4 Å². The minimum atomic E-state index is -0.136. The lowest BCUT2D eigenvalue weighted by Crippen LogP contribution is -2.05. The Hall–Kier alpha value is -2.23. The van der Waals surface area contributed by atoms with Crippen molar-refractivity contribution in [2.45, 2.75) is 0 Å². The smallest absolute Gasteiger partial charge is 0.196 e. The first-order valence-electron chi connectivity index (χ1n) is 4.45. The molecule has 0 unspecified atom stereocenters. The van der Waals surface area contributed by atoms with Crippen LogP contribution in [0.3, 0.4) is 0 Å². The average Bonchev–Trinajstić information content (AvgIpc) is 2.30. The number of nitrogens with two attached hydrogens (primary N) is 1. The highest BCUT2D eigenvalue weighted by Crippen LogP contribution is 2.14. The maximum atomic E-state index is 11.9. The fourth-order valence-electron chi connectivity index (χ4n) is 1.28. The van der Waals surface area contributed by atoms with Gasteiger partial charge in [-0.25, -0.2) is 0 Å². The summed E-state index contributed by atoms with van der Waals surface area (Å²) in [6.45, 7) is 0. The van der Waals surface area contributed by atoms with E-state index in [9.17, 15) is 4.79 Å². The summed E-state index contributed by atoms with van der Waals surface area (Å²) in [4.78, 5) is 11.9. The molecule has 0 atom stereocenters. The first kappa shape index (κ1) is 9.33. The summed E-state index contributed by atoms with van der Waals surface area (Å²) in [6, 6.07) is 8.57. The summed E-state index contributed by atoms with van der Waals surface area (Å²) in [5.41, 5.74) is 7.15. The Morgan fingerprint density at radius 1 is 1.13 bits per heavy atom. The summed E-state index contributed by atoms with van der Waals surface area (Å²) < 4.78 is 0. The number of carbonyl (C=O) groups is 1. The highest BCUT2D eigenvalue weighted by atomic mass is 16.1. The summed E-state index contributed by atoms with van der Waals surface area (Å²) >= 11 is 0. The van der Waals surface area contributed by atoms with E-state index in [2.05, 4.69) is 10.2 Å². The van der Waals surface area contributed by atoms with Gasteiger partial charge >= 0.3 is 0 Å². The molecule has 0 spiro atoms. The Balaban J connectivity index is 2.42. The Labute approximate surface area is 86.8 Å². The minimum absolute atomic E-state index is 0.136.